The molecule has 0 aliphatic carbocycles. The average Bonchev–Trinajstić information content (AvgIpc) is 2.66. The Kier molecular flexibility index (Phi) is 7.19. The molecule has 0 radical (unpaired) electrons. The molecule has 1 amide bonds. The number of amides is 1. The number of aliphatic hydroxyl groups is 2. The Bertz CT molecular complexity index is 680. The zero-order chi connectivity index (χ0) is 18.1. The maximum atomic E-state index is 11.0. The number of benzene rings is 2. The quantitative estimate of drug-likeness (QED) is 0.608. The Hall–Kier alpha value is -2.63. The molecule has 0 saturated heterocycles. The van der Waals surface area contributed by atoms with Crippen LogP contribution in [0, 0.1) is 0 Å². The zero-order valence-electron chi connectivity index (χ0n) is 14.0. The molecule has 2 aromatic carbocycles. The smallest absolute Gasteiger partial charge is 0.243 e. The molecule has 1 atom stereocenters. The molecule has 0 fully saturated rings. The van der Waals surface area contributed by atoms with Gasteiger partial charge in [-0.2, -0.15) is 0 Å². The lowest BCUT2D eigenvalue weighted by Crippen LogP contribution is -2.34. The Labute approximate surface area is 147 Å². The first kappa shape index (κ1) is 18.7. The largest absolute Gasteiger partial charge is 0.491 e. The first-order valence-corrected chi connectivity index (χ1v) is 8.09. The third-order valence-corrected chi connectivity index (χ3v) is 3.68. The number of carbonyl (C=O) groups excluding carboxylic acids is 1. The maximum Gasteiger partial charge on any atom is 0.243 e. The van der Waals surface area contributed by atoms with Crippen molar-refractivity contribution in [3.05, 3.63) is 77.9 Å². The highest BCUT2D eigenvalue weighted by molar-refractivity contribution is 5.86. The highest BCUT2D eigenvalue weighted by Gasteiger charge is 2.06. The van der Waals surface area contributed by atoms with Gasteiger partial charge >= 0.3 is 0 Å². The van der Waals surface area contributed by atoms with E-state index >= 15 is 0 Å². The second-order valence-corrected chi connectivity index (χ2v) is 5.71. The van der Waals surface area contributed by atoms with E-state index in [2.05, 4.69) is 11.9 Å². The van der Waals surface area contributed by atoms with Crippen molar-refractivity contribution in [2.45, 2.75) is 19.1 Å². The van der Waals surface area contributed by atoms with Gasteiger partial charge in [0.1, 0.15) is 18.5 Å². The van der Waals surface area contributed by atoms with Crippen molar-refractivity contribution < 1.29 is 19.7 Å². The van der Waals surface area contributed by atoms with Crippen molar-refractivity contribution in [1.82, 2.24) is 5.32 Å². The van der Waals surface area contributed by atoms with Gasteiger partial charge < -0.3 is 20.3 Å². The summed E-state index contributed by atoms with van der Waals surface area (Å²) in [6.45, 7) is 3.61. The van der Waals surface area contributed by atoms with Crippen LogP contribution < -0.4 is 10.1 Å². The first-order chi connectivity index (χ1) is 12.1. The van der Waals surface area contributed by atoms with Gasteiger partial charge in [-0.05, 0) is 41.3 Å². The predicted molar refractivity (Wildman–Crippen MR) is 96.3 cm³/mol. The van der Waals surface area contributed by atoms with E-state index in [-0.39, 0.29) is 25.7 Å². The molecule has 0 aromatic heterocycles. The van der Waals surface area contributed by atoms with Gasteiger partial charge in [-0.3, -0.25) is 4.79 Å². The molecule has 132 valence electrons. The number of aliphatic hydroxyl groups excluding tert-OH is 2. The number of nitrogens with one attached hydrogen (secondary N) is 1. The van der Waals surface area contributed by atoms with E-state index < -0.39 is 6.10 Å². The fourth-order valence-corrected chi connectivity index (χ4v) is 2.24. The Morgan fingerprint density at radius 1 is 1.08 bits per heavy atom. The molecular weight excluding hydrogens is 318 g/mol. The molecule has 2 rings (SSSR count). The summed E-state index contributed by atoms with van der Waals surface area (Å²) in [7, 11) is 0. The van der Waals surface area contributed by atoms with Crippen molar-refractivity contribution in [1.29, 1.82) is 0 Å². The summed E-state index contributed by atoms with van der Waals surface area (Å²) in [5, 5.41) is 21.3. The van der Waals surface area contributed by atoms with Crippen molar-refractivity contribution in [2.24, 2.45) is 0 Å². The first-order valence-electron chi connectivity index (χ1n) is 8.09. The van der Waals surface area contributed by atoms with Crippen LogP contribution in [0.2, 0.25) is 0 Å². The third-order valence-electron chi connectivity index (χ3n) is 3.68. The molecule has 0 heterocycles. The fourth-order valence-electron chi connectivity index (χ4n) is 2.24. The number of rotatable bonds is 9. The van der Waals surface area contributed by atoms with Gasteiger partial charge in [0.15, 0.2) is 0 Å². The van der Waals surface area contributed by atoms with Crippen LogP contribution in [0.15, 0.2) is 61.2 Å². The predicted octanol–water partition coefficient (Wildman–Crippen LogP) is 1.81. The van der Waals surface area contributed by atoms with Gasteiger partial charge in [-0.15, -0.1) is 0 Å². The van der Waals surface area contributed by atoms with Crippen LogP contribution in [0.4, 0.5) is 0 Å². The molecular formula is C20H23NO4. The molecule has 0 spiro atoms. The summed E-state index contributed by atoms with van der Waals surface area (Å²) in [6, 6.07) is 15.5. The van der Waals surface area contributed by atoms with E-state index in [1.54, 1.807) is 0 Å². The summed E-state index contributed by atoms with van der Waals surface area (Å²) in [4.78, 5) is 11.0. The Balaban J connectivity index is 1.80. The third kappa shape index (κ3) is 6.41. The van der Waals surface area contributed by atoms with Crippen molar-refractivity contribution in [3.63, 3.8) is 0 Å². The van der Waals surface area contributed by atoms with Crippen LogP contribution in [0.1, 0.15) is 16.7 Å². The van der Waals surface area contributed by atoms with E-state index in [1.807, 2.05) is 48.5 Å². The normalized spacial score (nSPS) is 11.6. The molecule has 25 heavy (non-hydrogen) atoms. The van der Waals surface area contributed by atoms with Crippen LogP contribution in [0.3, 0.4) is 0 Å². The minimum atomic E-state index is -0.784. The SMILES string of the molecule is C=CC(=O)NCC(O)COc1ccc(Cc2ccc(CO)cc2)cc1. The Morgan fingerprint density at radius 3 is 2.20 bits per heavy atom. The summed E-state index contributed by atoms with van der Waals surface area (Å²) in [5.41, 5.74) is 3.21. The molecule has 5 heteroatoms. The monoisotopic (exact) mass is 341 g/mol. The molecule has 3 N–H and O–H groups in total. The standard InChI is InChI=1S/C20H23NO4/c1-2-20(24)21-12-18(23)14-25-19-9-7-16(8-10-19)11-15-3-5-17(13-22)6-4-15/h2-10,18,22-23H,1,11-14H2,(H,21,24). The van der Waals surface area contributed by atoms with E-state index in [0.29, 0.717) is 5.75 Å². The maximum absolute atomic E-state index is 11.0. The van der Waals surface area contributed by atoms with E-state index in [4.69, 9.17) is 9.84 Å². The van der Waals surface area contributed by atoms with Crippen molar-refractivity contribution in [2.75, 3.05) is 13.2 Å². The van der Waals surface area contributed by atoms with E-state index in [0.717, 1.165) is 23.6 Å². The summed E-state index contributed by atoms with van der Waals surface area (Å²) in [5.74, 6) is 0.337. The van der Waals surface area contributed by atoms with Gasteiger partial charge in [0.05, 0.1) is 6.61 Å². The van der Waals surface area contributed by atoms with Gasteiger partial charge in [-0.25, -0.2) is 0 Å². The van der Waals surface area contributed by atoms with Crippen LogP contribution in [0.5, 0.6) is 5.75 Å². The molecule has 0 aliphatic rings. The minimum absolute atomic E-state index is 0.0510. The van der Waals surface area contributed by atoms with Crippen molar-refractivity contribution >= 4 is 5.91 Å². The van der Waals surface area contributed by atoms with Crippen LogP contribution in [0.25, 0.3) is 0 Å². The van der Waals surface area contributed by atoms with E-state index in [9.17, 15) is 9.90 Å². The minimum Gasteiger partial charge on any atom is -0.491 e. The molecule has 0 bridgehead atoms. The highest BCUT2D eigenvalue weighted by Crippen LogP contribution is 2.16. The number of hydrogen-bond donors (Lipinski definition) is 3. The summed E-state index contributed by atoms with van der Waals surface area (Å²) >= 11 is 0. The number of hydrogen-bond acceptors (Lipinski definition) is 4. The van der Waals surface area contributed by atoms with Crippen LogP contribution in [-0.4, -0.2) is 35.4 Å². The topological polar surface area (TPSA) is 78.8 Å². The summed E-state index contributed by atoms with van der Waals surface area (Å²) < 4.78 is 5.51. The lowest BCUT2D eigenvalue weighted by Gasteiger charge is -2.13. The molecule has 2 aromatic rings. The second-order valence-electron chi connectivity index (χ2n) is 5.71. The highest BCUT2D eigenvalue weighted by atomic mass is 16.5. The molecule has 5 nitrogen and oxygen atoms in total. The molecule has 0 saturated carbocycles. The Morgan fingerprint density at radius 2 is 1.64 bits per heavy atom. The lowest BCUT2D eigenvalue weighted by atomic mass is 10.0. The molecule has 1 unspecified atom stereocenters. The van der Waals surface area contributed by atoms with Crippen LogP contribution in [-0.2, 0) is 17.8 Å². The van der Waals surface area contributed by atoms with E-state index in [1.165, 1.54) is 5.56 Å². The van der Waals surface area contributed by atoms with Crippen molar-refractivity contribution in [3.8, 4) is 5.75 Å². The van der Waals surface area contributed by atoms with Gasteiger partial charge in [-0.1, -0.05) is 43.0 Å². The van der Waals surface area contributed by atoms with Gasteiger partial charge in [0, 0.05) is 6.54 Å². The van der Waals surface area contributed by atoms with Crippen LogP contribution >= 0.6 is 0 Å². The second kappa shape index (κ2) is 9.61. The number of carbonyl (C=O) groups is 1. The van der Waals surface area contributed by atoms with Gasteiger partial charge in [0.2, 0.25) is 5.91 Å². The van der Waals surface area contributed by atoms with Gasteiger partial charge in [0.25, 0.3) is 0 Å². The molecule has 0 aliphatic heterocycles. The zero-order valence-corrected chi connectivity index (χ0v) is 14.0. The average molecular weight is 341 g/mol. The lowest BCUT2D eigenvalue weighted by molar-refractivity contribution is -0.117. The summed E-state index contributed by atoms with van der Waals surface area (Å²) in [6.07, 6.45) is 1.17. The number of ether oxygens (including phenoxy) is 1. The fraction of sp³-hybridized carbons (Fsp3) is 0.250.